The number of nitrogens with one attached hydrogen (secondary N) is 1. The van der Waals surface area contributed by atoms with Crippen molar-refractivity contribution in [3.05, 3.63) is 20.8 Å². The molecule has 2 aromatic rings. The van der Waals surface area contributed by atoms with E-state index in [2.05, 4.69) is 29.0 Å². The van der Waals surface area contributed by atoms with Crippen LogP contribution in [-0.2, 0) is 20.6 Å². The van der Waals surface area contributed by atoms with E-state index < -0.39 is 17.4 Å². The average molecular weight is 352 g/mol. The van der Waals surface area contributed by atoms with Gasteiger partial charge in [-0.1, -0.05) is 13.8 Å². The van der Waals surface area contributed by atoms with Crippen molar-refractivity contribution in [2.24, 2.45) is 14.1 Å². The average Bonchev–Trinajstić information content (AvgIpc) is 2.93. The lowest BCUT2D eigenvalue weighted by Crippen LogP contribution is -2.37. The van der Waals surface area contributed by atoms with E-state index in [1.165, 1.54) is 11.6 Å². The number of aromatic nitrogens is 4. The number of aliphatic hydroxyl groups is 1. The van der Waals surface area contributed by atoms with Crippen LogP contribution in [0.1, 0.15) is 20.8 Å². The molecule has 2 aromatic heterocycles. The summed E-state index contributed by atoms with van der Waals surface area (Å²) in [7, 11) is 3.03. The Kier molecular flexibility index (Phi) is 6.02. The predicted molar refractivity (Wildman–Crippen MR) is 98.2 cm³/mol. The highest BCUT2D eigenvalue weighted by Gasteiger charge is 2.19. The van der Waals surface area contributed by atoms with Crippen molar-refractivity contribution in [2.75, 3.05) is 31.5 Å². The molecule has 25 heavy (non-hydrogen) atoms. The van der Waals surface area contributed by atoms with Crippen molar-refractivity contribution in [3.8, 4) is 0 Å². The first kappa shape index (κ1) is 19.2. The molecule has 9 nitrogen and oxygen atoms in total. The Morgan fingerprint density at radius 3 is 2.40 bits per heavy atom. The Labute approximate surface area is 146 Å². The molecule has 2 rings (SSSR count). The van der Waals surface area contributed by atoms with Crippen LogP contribution < -0.4 is 16.6 Å². The van der Waals surface area contributed by atoms with Gasteiger partial charge in [-0.3, -0.25) is 13.9 Å². The second kappa shape index (κ2) is 7.83. The molecule has 0 amide bonds. The number of imidazole rings is 1. The normalized spacial score (nSPS) is 12.9. The highest BCUT2D eigenvalue weighted by Crippen LogP contribution is 2.16. The fourth-order valence-electron chi connectivity index (χ4n) is 2.89. The van der Waals surface area contributed by atoms with Crippen LogP contribution >= 0.6 is 0 Å². The van der Waals surface area contributed by atoms with E-state index >= 15 is 0 Å². The molecule has 1 atom stereocenters. The molecule has 0 saturated carbocycles. The highest BCUT2D eigenvalue weighted by molar-refractivity contribution is 5.74. The molecular formula is C16H28N6O3. The first-order chi connectivity index (χ1) is 11.8. The van der Waals surface area contributed by atoms with Crippen LogP contribution in [-0.4, -0.2) is 61.0 Å². The number of aryl methyl sites for hydroxylation is 1. The number of rotatable bonds is 8. The van der Waals surface area contributed by atoms with Crippen LogP contribution in [0.4, 0.5) is 5.95 Å². The molecule has 0 aromatic carbocycles. The fourth-order valence-corrected chi connectivity index (χ4v) is 2.89. The lowest BCUT2D eigenvalue weighted by atomic mass is 10.4. The van der Waals surface area contributed by atoms with Crippen LogP contribution in [0.5, 0.6) is 0 Å². The molecule has 0 spiro atoms. The van der Waals surface area contributed by atoms with Crippen molar-refractivity contribution in [1.82, 2.24) is 23.6 Å². The van der Waals surface area contributed by atoms with Gasteiger partial charge in [0.1, 0.15) is 0 Å². The maximum atomic E-state index is 12.6. The van der Waals surface area contributed by atoms with Gasteiger partial charge in [-0.25, -0.2) is 4.79 Å². The zero-order valence-corrected chi connectivity index (χ0v) is 15.6. The summed E-state index contributed by atoms with van der Waals surface area (Å²) >= 11 is 0. The number of anilines is 1. The van der Waals surface area contributed by atoms with Crippen LogP contribution in [0, 0.1) is 0 Å². The summed E-state index contributed by atoms with van der Waals surface area (Å²) in [6, 6.07) is 0. The highest BCUT2D eigenvalue weighted by atomic mass is 16.3. The smallest absolute Gasteiger partial charge is 0.332 e. The predicted octanol–water partition coefficient (Wildman–Crippen LogP) is -0.432. The van der Waals surface area contributed by atoms with Gasteiger partial charge in [-0.15, -0.1) is 0 Å². The number of nitrogens with zero attached hydrogens (tertiary/aromatic N) is 5. The minimum Gasteiger partial charge on any atom is -0.392 e. The molecule has 0 aliphatic rings. The lowest BCUT2D eigenvalue weighted by Gasteiger charge is -2.18. The summed E-state index contributed by atoms with van der Waals surface area (Å²) in [4.78, 5) is 31.4. The molecule has 0 unspecified atom stereocenters. The second-order valence-electron chi connectivity index (χ2n) is 6.23. The van der Waals surface area contributed by atoms with Crippen LogP contribution in [0.25, 0.3) is 11.2 Å². The van der Waals surface area contributed by atoms with Crippen LogP contribution in [0.2, 0.25) is 0 Å². The molecule has 0 fully saturated rings. The van der Waals surface area contributed by atoms with E-state index in [0.717, 1.165) is 24.2 Å². The molecular weight excluding hydrogens is 324 g/mol. The zero-order valence-electron chi connectivity index (χ0n) is 15.6. The minimum absolute atomic E-state index is 0.220. The first-order valence-electron chi connectivity index (χ1n) is 8.62. The summed E-state index contributed by atoms with van der Waals surface area (Å²) in [5, 5.41) is 13.1. The van der Waals surface area contributed by atoms with E-state index in [0.29, 0.717) is 23.7 Å². The second-order valence-corrected chi connectivity index (χ2v) is 6.23. The van der Waals surface area contributed by atoms with Crippen molar-refractivity contribution in [2.45, 2.75) is 33.4 Å². The summed E-state index contributed by atoms with van der Waals surface area (Å²) in [5.41, 5.74) is -0.202. The lowest BCUT2D eigenvalue weighted by molar-refractivity contribution is 0.175. The van der Waals surface area contributed by atoms with Crippen LogP contribution in [0.15, 0.2) is 9.59 Å². The Hall–Kier alpha value is -2.13. The van der Waals surface area contributed by atoms with Crippen molar-refractivity contribution < 1.29 is 5.11 Å². The number of hydrogen-bond donors (Lipinski definition) is 2. The fraction of sp³-hybridized carbons (Fsp3) is 0.688. The minimum atomic E-state index is -0.650. The Balaban J connectivity index is 2.49. The van der Waals surface area contributed by atoms with Crippen molar-refractivity contribution in [3.63, 3.8) is 0 Å². The Bertz CT molecular complexity index is 844. The zero-order chi connectivity index (χ0) is 18.7. The standard InChI is InChI=1S/C16H28N6O3/c1-6-21(7-2)9-8-17-15-18-13-12(22(15)10-11(3)23)14(24)20(5)16(25)19(13)4/h11,23H,6-10H2,1-5H3,(H,17,18)/t11-/m1/s1. The third-order valence-corrected chi connectivity index (χ3v) is 4.40. The van der Waals surface area contributed by atoms with Gasteiger partial charge in [0, 0.05) is 27.2 Å². The SMILES string of the molecule is CCN(CC)CCNc1nc2c(c(=O)n(C)c(=O)n2C)n1C[C@@H](C)O. The van der Waals surface area contributed by atoms with Crippen LogP contribution in [0.3, 0.4) is 0 Å². The summed E-state index contributed by atoms with van der Waals surface area (Å²) in [6.07, 6.45) is -0.650. The van der Waals surface area contributed by atoms with Gasteiger partial charge in [0.25, 0.3) is 5.56 Å². The van der Waals surface area contributed by atoms with Crippen molar-refractivity contribution >= 4 is 17.1 Å². The molecule has 9 heteroatoms. The quantitative estimate of drug-likeness (QED) is 0.669. The van der Waals surface area contributed by atoms with Gasteiger partial charge in [0.2, 0.25) is 5.95 Å². The number of fused-ring (bicyclic) bond motifs is 1. The topological polar surface area (TPSA) is 97.3 Å². The van der Waals surface area contributed by atoms with Gasteiger partial charge in [-0.05, 0) is 20.0 Å². The van der Waals surface area contributed by atoms with E-state index in [-0.39, 0.29) is 6.54 Å². The van der Waals surface area contributed by atoms with E-state index in [9.17, 15) is 14.7 Å². The maximum Gasteiger partial charge on any atom is 0.332 e. The van der Waals surface area contributed by atoms with Crippen molar-refractivity contribution in [1.29, 1.82) is 0 Å². The summed E-state index contributed by atoms with van der Waals surface area (Å²) in [6.45, 7) is 9.47. The molecule has 2 heterocycles. The van der Waals surface area contributed by atoms with Gasteiger partial charge < -0.3 is 19.9 Å². The Morgan fingerprint density at radius 2 is 1.84 bits per heavy atom. The molecule has 140 valence electrons. The molecule has 0 radical (unpaired) electrons. The molecule has 0 aliphatic carbocycles. The van der Waals surface area contributed by atoms with E-state index in [1.54, 1.807) is 18.5 Å². The van der Waals surface area contributed by atoms with Gasteiger partial charge in [0.05, 0.1) is 12.6 Å². The Morgan fingerprint density at radius 1 is 1.20 bits per heavy atom. The molecule has 0 bridgehead atoms. The number of likely N-dealkylation sites (N-methyl/N-ethyl adjacent to an activating group) is 1. The van der Waals surface area contributed by atoms with Gasteiger partial charge in [-0.2, -0.15) is 4.98 Å². The third kappa shape index (κ3) is 3.77. The molecule has 0 saturated heterocycles. The maximum absolute atomic E-state index is 12.6. The van der Waals surface area contributed by atoms with Gasteiger partial charge in [0.15, 0.2) is 11.2 Å². The molecule has 2 N–H and O–H groups in total. The van der Waals surface area contributed by atoms with E-state index in [1.807, 2.05) is 0 Å². The van der Waals surface area contributed by atoms with E-state index in [4.69, 9.17) is 0 Å². The monoisotopic (exact) mass is 352 g/mol. The summed E-state index contributed by atoms with van der Waals surface area (Å²) in [5.74, 6) is 0.487. The summed E-state index contributed by atoms with van der Waals surface area (Å²) < 4.78 is 4.07. The largest absolute Gasteiger partial charge is 0.392 e. The number of hydrogen-bond acceptors (Lipinski definition) is 6. The van der Waals surface area contributed by atoms with Gasteiger partial charge >= 0.3 is 5.69 Å². The molecule has 0 aliphatic heterocycles. The third-order valence-electron chi connectivity index (χ3n) is 4.40. The first-order valence-corrected chi connectivity index (χ1v) is 8.62. The number of aliphatic hydroxyl groups excluding tert-OH is 1.